The van der Waals surface area contributed by atoms with E-state index < -0.39 is 0 Å². The number of hydrazine groups is 1. The van der Waals surface area contributed by atoms with Crippen LogP contribution in [0.3, 0.4) is 0 Å². The van der Waals surface area contributed by atoms with Crippen molar-refractivity contribution in [2.24, 2.45) is 0 Å². The van der Waals surface area contributed by atoms with Gasteiger partial charge < -0.3 is 0 Å². The Morgan fingerprint density at radius 2 is 1.39 bits per heavy atom. The van der Waals surface area contributed by atoms with Crippen molar-refractivity contribution in [1.29, 1.82) is 0 Å². The maximum atomic E-state index is 3.61. The average molecular weight is 257 g/mol. The molecule has 0 spiro atoms. The lowest BCUT2D eigenvalue weighted by Gasteiger charge is -2.49. The van der Waals surface area contributed by atoms with Crippen LogP contribution in [0.2, 0.25) is 0 Å². The number of nitrogens with zero attached hydrogens (tertiary/aromatic N) is 2. The molecule has 0 aliphatic heterocycles. The molecular formula is C15H35N3. The summed E-state index contributed by atoms with van der Waals surface area (Å²) in [6.45, 7) is 20.4. The predicted molar refractivity (Wildman–Crippen MR) is 81.5 cm³/mol. The summed E-state index contributed by atoms with van der Waals surface area (Å²) in [6, 6.07) is 0.954. The predicted octanol–water partition coefficient (Wildman–Crippen LogP) is 3.47. The van der Waals surface area contributed by atoms with Crippen LogP contribution in [0.5, 0.6) is 0 Å². The van der Waals surface area contributed by atoms with E-state index in [1.54, 1.807) is 0 Å². The highest BCUT2D eigenvalue weighted by molar-refractivity contribution is 4.83. The molecule has 110 valence electrons. The monoisotopic (exact) mass is 257 g/mol. The van der Waals surface area contributed by atoms with Crippen molar-refractivity contribution in [3.8, 4) is 0 Å². The minimum absolute atomic E-state index is 0.0461. The molecule has 0 fully saturated rings. The molecule has 18 heavy (non-hydrogen) atoms. The minimum Gasteiger partial charge on any atom is -0.285 e. The number of nitrogens with one attached hydrogen (secondary N) is 1. The standard InChI is InChI=1S/C15H35N3/c1-9-11-17(12-10-2)15(7,8)18(14(5)6)16-13(3)4/h13-14,16H,9-12H2,1-8H3. The molecule has 0 aromatic heterocycles. The number of hydrogen-bond donors (Lipinski definition) is 1. The fourth-order valence-electron chi connectivity index (χ4n) is 2.57. The SMILES string of the molecule is CCCN(CCC)C(C)(C)N(NC(C)C)C(C)C. The van der Waals surface area contributed by atoms with Crippen LogP contribution in [0.1, 0.15) is 68.2 Å². The first kappa shape index (κ1) is 17.9. The first-order valence-electron chi connectivity index (χ1n) is 7.57. The Morgan fingerprint density at radius 3 is 1.67 bits per heavy atom. The van der Waals surface area contributed by atoms with Gasteiger partial charge in [-0.3, -0.25) is 10.3 Å². The zero-order valence-corrected chi connectivity index (χ0v) is 13.9. The van der Waals surface area contributed by atoms with Gasteiger partial charge in [0.1, 0.15) is 0 Å². The molecule has 3 nitrogen and oxygen atoms in total. The van der Waals surface area contributed by atoms with Gasteiger partial charge in [-0.25, -0.2) is 5.01 Å². The van der Waals surface area contributed by atoms with Gasteiger partial charge in [-0.15, -0.1) is 0 Å². The van der Waals surface area contributed by atoms with E-state index in [2.05, 4.69) is 70.7 Å². The second-order valence-electron chi connectivity index (χ2n) is 6.23. The summed E-state index contributed by atoms with van der Waals surface area (Å²) < 4.78 is 0. The Kier molecular flexibility index (Phi) is 8.08. The van der Waals surface area contributed by atoms with Crippen LogP contribution in [0.15, 0.2) is 0 Å². The summed E-state index contributed by atoms with van der Waals surface area (Å²) in [5, 5.41) is 2.41. The third-order valence-electron chi connectivity index (χ3n) is 3.26. The molecule has 0 heterocycles. The van der Waals surface area contributed by atoms with Crippen molar-refractivity contribution < 1.29 is 0 Å². The van der Waals surface area contributed by atoms with Crippen LogP contribution in [0, 0.1) is 0 Å². The van der Waals surface area contributed by atoms with Crippen LogP contribution in [-0.2, 0) is 0 Å². The Bertz CT molecular complexity index is 206. The van der Waals surface area contributed by atoms with Gasteiger partial charge in [-0.1, -0.05) is 13.8 Å². The van der Waals surface area contributed by atoms with Crippen molar-refractivity contribution in [3.05, 3.63) is 0 Å². The molecule has 0 aliphatic rings. The second-order valence-corrected chi connectivity index (χ2v) is 6.23. The van der Waals surface area contributed by atoms with E-state index in [0.717, 1.165) is 13.1 Å². The lowest BCUT2D eigenvalue weighted by molar-refractivity contribution is -0.0897. The van der Waals surface area contributed by atoms with Crippen LogP contribution < -0.4 is 5.43 Å². The van der Waals surface area contributed by atoms with Gasteiger partial charge in [0.2, 0.25) is 0 Å². The molecule has 0 radical (unpaired) electrons. The molecule has 0 aromatic rings. The van der Waals surface area contributed by atoms with Crippen LogP contribution in [0.4, 0.5) is 0 Å². The molecule has 0 rings (SSSR count). The topological polar surface area (TPSA) is 18.5 Å². The van der Waals surface area contributed by atoms with Gasteiger partial charge in [0, 0.05) is 12.1 Å². The van der Waals surface area contributed by atoms with Crippen molar-refractivity contribution in [2.45, 2.75) is 86.0 Å². The smallest absolute Gasteiger partial charge is 0.0816 e. The summed E-state index contributed by atoms with van der Waals surface area (Å²) in [4.78, 5) is 2.59. The largest absolute Gasteiger partial charge is 0.285 e. The van der Waals surface area contributed by atoms with Crippen molar-refractivity contribution >= 4 is 0 Å². The van der Waals surface area contributed by atoms with Gasteiger partial charge in [0.25, 0.3) is 0 Å². The summed E-state index contributed by atoms with van der Waals surface area (Å²) in [6.07, 6.45) is 2.41. The van der Waals surface area contributed by atoms with Gasteiger partial charge in [0.15, 0.2) is 0 Å². The molecule has 0 unspecified atom stereocenters. The quantitative estimate of drug-likeness (QED) is 0.504. The van der Waals surface area contributed by atoms with E-state index in [0.29, 0.717) is 12.1 Å². The minimum atomic E-state index is 0.0461. The molecule has 3 heteroatoms. The second kappa shape index (κ2) is 8.13. The molecule has 0 aliphatic carbocycles. The van der Waals surface area contributed by atoms with E-state index in [-0.39, 0.29) is 5.66 Å². The van der Waals surface area contributed by atoms with Crippen molar-refractivity contribution in [2.75, 3.05) is 13.1 Å². The molecule has 0 bridgehead atoms. The lowest BCUT2D eigenvalue weighted by atomic mass is 10.1. The van der Waals surface area contributed by atoms with E-state index in [1.165, 1.54) is 12.8 Å². The van der Waals surface area contributed by atoms with Crippen molar-refractivity contribution in [3.63, 3.8) is 0 Å². The highest BCUT2D eigenvalue weighted by atomic mass is 15.6. The molecule has 0 aromatic carbocycles. The van der Waals surface area contributed by atoms with Gasteiger partial charge in [-0.2, -0.15) is 0 Å². The van der Waals surface area contributed by atoms with E-state index in [4.69, 9.17) is 0 Å². The maximum absolute atomic E-state index is 3.61. The molecule has 0 saturated heterocycles. The number of hydrogen-bond acceptors (Lipinski definition) is 3. The Hall–Kier alpha value is -0.120. The van der Waals surface area contributed by atoms with E-state index in [9.17, 15) is 0 Å². The van der Waals surface area contributed by atoms with Gasteiger partial charge >= 0.3 is 0 Å². The van der Waals surface area contributed by atoms with Crippen molar-refractivity contribution in [1.82, 2.24) is 15.3 Å². The summed E-state index contributed by atoms with van der Waals surface area (Å²) >= 11 is 0. The summed E-state index contributed by atoms with van der Waals surface area (Å²) in [5.74, 6) is 0. The van der Waals surface area contributed by atoms with Crippen LogP contribution in [-0.4, -0.2) is 40.7 Å². The Labute approximate surface area is 115 Å². The third-order valence-corrected chi connectivity index (χ3v) is 3.26. The van der Waals surface area contributed by atoms with Gasteiger partial charge in [-0.05, 0) is 67.5 Å². The highest BCUT2D eigenvalue weighted by Gasteiger charge is 2.34. The lowest BCUT2D eigenvalue weighted by Crippen LogP contribution is -2.65. The number of rotatable bonds is 9. The molecule has 1 N–H and O–H groups in total. The molecule has 0 atom stereocenters. The highest BCUT2D eigenvalue weighted by Crippen LogP contribution is 2.22. The third kappa shape index (κ3) is 5.25. The maximum Gasteiger partial charge on any atom is 0.0816 e. The Balaban J connectivity index is 4.97. The summed E-state index contributed by atoms with van der Waals surface area (Å²) in [7, 11) is 0. The zero-order valence-electron chi connectivity index (χ0n) is 13.9. The Morgan fingerprint density at radius 1 is 0.944 bits per heavy atom. The normalized spacial score (nSPS) is 13.3. The fourth-order valence-corrected chi connectivity index (χ4v) is 2.57. The average Bonchev–Trinajstić information content (AvgIpc) is 2.24. The first-order chi connectivity index (χ1) is 8.27. The zero-order chi connectivity index (χ0) is 14.3. The first-order valence-corrected chi connectivity index (χ1v) is 7.57. The molecule has 0 amide bonds. The molecular weight excluding hydrogens is 222 g/mol. The van der Waals surface area contributed by atoms with E-state index in [1.807, 2.05) is 0 Å². The summed E-state index contributed by atoms with van der Waals surface area (Å²) in [5.41, 5.74) is 3.65. The van der Waals surface area contributed by atoms with Crippen LogP contribution in [0.25, 0.3) is 0 Å². The van der Waals surface area contributed by atoms with Crippen LogP contribution >= 0.6 is 0 Å². The van der Waals surface area contributed by atoms with Gasteiger partial charge in [0.05, 0.1) is 5.66 Å². The molecule has 0 saturated carbocycles. The van der Waals surface area contributed by atoms with E-state index >= 15 is 0 Å². The fraction of sp³-hybridized carbons (Fsp3) is 1.00.